The zero-order chi connectivity index (χ0) is 10.1. The molecule has 4 nitrogen and oxygen atoms in total. The smallest absolute Gasteiger partial charge is 0.374 e. The number of hydrogen-bond acceptors (Lipinski definition) is 3. The topological polar surface area (TPSA) is 63.3 Å². The second kappa shape index (κ2) is 3.20. The van der Waals surface area contributed by atoms with Crippen molar-refractivity contribution in [3.8, 4) is 0 Å². The lowest BCUT2D eigenvalue weighted by atomic mass is 9.86. The van der Waals surface area contributed by atoms with Crippen molar-refractivity contribution in [1.29, 1.82) is 0 Å². The van der Waals surface area contributed by atoms with Gasteiger partial charge >= 0.3 is 5.97 Å². The molecule has 72 valence electrons. The van der Waals surface area contributed by atoms with Gasteiger partial charge in [-0.25, -0.2) is 4.79 Å². The van der Waals surface area contributed by atoms with Gasteiger partial charge in [0.15, 0.2) is 0 Å². The number of carboxylic acid groups (broad SMARTS) is 1. The minimum absolute atomic E-state index is 0.100. The molecule has 1 rings (SSSR count). The number of rotatable bonds is 3. The molecule has 0 radical (unpaired) electrons. The lowest BCUT2D eigenvalue weighted by molar-refractivity contribution is 0.0651. The molecule has 0 unspecified atom stereocenters. The Morgan fingerprint density at radius 2 is 2.31 bits per heavy atom. The van der Waals surface area contributed by atoms with Crippen molar-refractivity contribution in [3.63, 3.8) is 0 Å². The second-order valence-corrected chi connectivity index (χ2v) is 3.62. The normalized spacial score (nSPS) is 11.6. The van der Waals surface area contributed by atoms with Gasteiger partial charge in [-0.15, -0.1) is 0 Å². The van der Waals surface area contributed by atoms with Crippen LogP contribution in [0.2, 0.25) is 0 Å². The highest BCUT2D eigenvalue weighted by Crippen LogP contribution is 2.25. The third kappa shape index (κ3) is 1.88. The number of hydrogen-bond donors (Lipinski definition) is 1. The molecule has 13 heavy (non-hydrogen) atoms. The van der Waals surface area contributed by atoms with Crippen LogP contribution < -0.4 is 0 Å². The highest BCUT2D eigenvalue weighted by Gasteiger charge is 2.24. The van der Waals surface area contributed by atoms with Crippen molar-refractivity contribution in [2.75, 3.05) is 0 Å². The predicted molar refractivity (Wildman–Crippen MR) is 46.8 cm³/mol. The van der Waals surface area contributed by atoms with Gasteiger partial charge in [0.1, 0.15) is 0 Å². The zero-order valence-electron chi connectivity index (χ0n) is 8.00. The molecule has 1 N–H and O–H groups in total. The van der Waals surface area contributed by atoms with Crippen LogP contribution in [0.4, 0.5) is 0 Å². The molecule has 0 atom stereocenters. The maximum Gasteiger partial charge on any atom is 0.374 e. The van der Waals surface area contributed by atoms with Gasteiger partial charge < -0.3 is 9.63 Å². The summed E-state index contributed by atoms with van der Waals surface area (Å²) in [5.74, 6) is -1.18. The average Bonchev–Trinajstić information content (AvgIpc) is 2.52. The summed E-state index contributed by atoms with van der Waals surface area (Å²) in [4.78, 5) is 10.5. The number of carbonyl (C=O) groups is 1. The number of aromatic nitrogens is 1. The van der Waals surface area contributed by atoms with Gasteiger partial charge in [-0.2, -0.15) is 0 Å². The first-order valence-corrected chi connectivity index (χ1v) is 4.18. The quantitative estimate of drug-likeness (QED) is 0.779. The van der Waals surface area contributed by atoms with Crippen LogP contribution in [-0.4, -0.2) is 16.2 Å². The van der Waals surface area contributed by atoms with Gasteiger partial charge in [0.05, 0.1) is 5.69 Å². The fourth-order valence-electron chi connectivity index (χ4n) is 0.876. The Kier molecular flexibility index (Phi) is 2.40. The molecule has 0 saturated carbocycles. The third-order valence-electron chi connectivity index (χ3n) is 2.30. The van der Waals surface area contributed by atoms with E-state index in [-0.39, 0.29) is 11.2 Å². The molecule has 0 aliphatic carbocycles. The fraction of sp³-hybridized carbons (Fsp3) is 0.556. The van der Waals surface area contributed by atoms with Crippen LogP contribution >= 0.6 is 0 Å². The van der Waals surface area contributed by atoms with E-state index in [0.717, 1.165) is 6.42 Å². The molecule has 1 heterocycles. The Hall–Kier alpha value is -1.32. The van der Waals surface area contributed by atoms with Crippen LogP contribution in [0.1, 0.15) is 43.4 Å². The molecule has 0 bridgehead atoms. The highest BCUT2D eigenvalue weighted by molar-refractivity contribution is 5.84. The van der Waals surface area contributed by atoms with Gasteiger partial charge in [-0.1, -0.05) is 25.9 Å². The molecule has 0 aliphatic rings. The number of carboxylic acids is 1. The maximum atomic E-state index is 10.5. The van der Waals surface area contributed by atoms with E-state index >= 15 is 0 Å². The summed E-state index contributed by atoms with van der Waals surface area (Å²) in [6, 6.07) is 1.48. The predicted octanol–water partition coefficient (Wildman–Crippen LogP) is 2.06. The van der Waals surface area contributed by atoms with E-state index in [1.54, 1.807) is 0 Å². The van der Waals surface area contributed by atoms with Gasteiger partial charge in [0.2, 0.25) is 5.76 Å². The average molecular weight is 183 g/mol. The van der Waals surface area contributed by atoms with E-state index in [1.165, 1.54) is 6.07 Å². The van der Waals surface area contributed by atoms with Crippen molar-refractivity contribution in [1.82, 2.24) is 5.16 Å². The lowest BCUT2D eigenvalue weighted by Crippen LogP contribution is -2.15. The summed E-state index contributed by atoms with van der Waals surface area (Å²) in [5.41, 5.74) is 0.560. The fourth-order valence-corrected chi connectivity index (χ4v) is 0.876. The lowest BCUT2D eigenvalue weighted by Gasteiger charge is -2.17. The highest BCUT2D eigenvalue weighted by atomic mass is 16.5. The number of aromatic carboxylic acids is 1. The van der Waals surface area contributed by atoms with E-state index in [4.69, 9.17) is 5.11 Å². The summed E-state index contributed by atoms with van der Waals surface area (Å²) in [6.07, 6.45) is 0.887. The van der Waals surface area contributed by atoms with E-state index in [2.05, 4.69) is 9.68 Å². The monoisotopic (exact) mass is 183 g/mol. The molecule has 4 heteroatoms. The molecule has 1 aromatic rings. The zero-order valence-corrected chi connectivity index (χ0v) is 8.00. The van der Waals surface area contributed by atoms with Gasteiger partial charge in [-0.05, 0) is 6.42 Å². The molecule has 0 aliphatic heterocycles. The van der Waals surface area contributed by atoms with Crippen molar-refractivity contribution >= 4 is 5.97 Å². The SMILES string of the molecule is CCC(C)(C)c1cc(C(=O)O)on1. The Balaban J connectivity index is 2.98. The van der Waals surface area contributed by atoms with Gasteiger partial charge in [0.25, 0.3) is 0 Å². The van der Waals surface area contributed by atoms with E-state index in [0.29, 0.717) is 5.69 Å². The van der Waals surface area contributed by atoms with Crippen molar-refractivity contribution in [2.45, 2.75) is 32.6 Å². The van der Waals surface area contributed by atoms with Crippen LogP contribution in [-0.2, 0) is 5.41 Å². The molecule has 0 fully saturated rings. The standard InChI is InChI=1S/C9H13NO3/c1-4-9(2,3)7-5-6(8(11)12)13-10-7/h5H,4H2,1-3H3,(H,11,12). The summed E-state index contributed by atoms with van der Waals surface area (Å²) in [7, 11) is 0. The Bertz CT molecular complexity index is 314. The Morgan fingerprint density at radius 3 is 2.69 bits per heavy atom. The second-order valence-electron chi connectivity index (χ2n) is 3.62. The maximum absolute atomic E-state index is 10.5. The largest absolute Gasteiger partial charge is 0.475 e. The summed E-state index contributed by atoms with van der Waals surface area (Å²) in [5, 5.41) is 12.3. The first kappa shape index (κ1) is 9.77. The van der Waals surface area contributed by atoms with Crippen LogP contribution in [0.3, 0.4) is 0 Å². The van der Waals surface area contributed by atoms with Crippen LogP contribution in [0.25, 0.3) is 0 Å². The molecule has 1 aromatic heterocycles. The minimum Gasteiger partial charge on any atom is -0.475 e. The first-order chi connectivity index (χ1) is 5.97. The summed E-state index contributed by atoms with van der Waals surface area (Å²) >= 11 is 0. The molecule has 0 amide bonds. The van der Waals surface area contributed by atoms with E-state index in [9.17, 15) is 4.79 Å². The summed E-state index contributed by atoms with van der Waals surface area (Å²) in [6.45, 7) is 6.02. The van der Waals surface area contributed by atoms with Crippen LogP contribution in [0.5, 0.6) is 0 Å². The minimum atomic E-state index is -1.08. The molecular formula is C9H13NO3. The Morgan fingerprint density at radius 1 is 1.69 bits per heavy atom. The van der Waals surface area contributed by atoms with E-state index in [1.807, 2.05) is 20.8 Å². The van der Waals surface area contributed by atoms with Gasteiger partial charge in [-0.3, -0.25) is 0 Å². The van der Waals surface area contributed by atoms with Crippen molar-refractivity contribution < 1.29 is 14.4 Å². The first-order valence-electron chi connectivity index (χ1n) is 4.18. The molecule has 0 spiro atoms. The van der Waals surface area contributed by atoms with Crippen molar-refractivity contribution in [2.24, 2.45) is 0 Å². The summed E-state index contributed by atoms with van der Waals surface area (Å²) < 4.78 is 4.66. The van der Waals surface area contributed by atoms with Gasteiger partial charge in [0, 0.05) is 11.5 Å². The molecule has 0 saturated heterocycles. The molecule has 0 aromatic carbocycles. The molecular weight excluding hydrogens is 170 g/mol. The third-order valence-corrected chi connectivity index (χ3v) is 2.30. The van der Waals surface area contributed by atoms with Crippen LogP contribution in [0, 0.1) is 0 Å². The Labute approximate surface area is 76.5 Å². The van der Waals surface area contributed by atoms with Crippen LogP contribution in [0.15, 0.2) is 10.6 Å². The van der Waals surface area contributed by atoms with E-state index < -0.39 is 5.97 Å². The van der Waals surface area contributed by atoms with Crippen molar-refractivity contribution in [3.05, 3.63) is 17.5 Å². The number of nitrogens with zero attached hydrogens (tertiary/aromatic N) is 1.